The second-order valence-corrected chi connectivity index (χ2v) is 7.99. The Bertz CT molecular complexity index is 735. The average Bonchev–Trinajstić information content (AvgIpc) is 2.98. The van der Waals surface area contributed by atoms with Crippen molar-refractivity contribution in [2.45, 2.75) is 69.7 Å². The van der Waals surface area contributed by atoms with E-state index in [0.717, 1.165) is 0 Å². The predicted molar refractivity (Wildman–Crippen MR) is 95.3 cm³/mol. The minimum Gasteiger partial charge on any atom is -0.458 e. The highest BCUT2D eigenvalue weighted by molar-refractivity contribution is 5.91. The van der Waals surface area contributed by atoms with Crippen LogP contribution in [0, 0.1) is 5.92 Å². The molecule has 27 heavy (non-hydrogen) atoms. The summed E-state index contributed by atoms with van der Waals surface area (Å²) in [6, 6.07) is 0. The van der Waals surface area contributed by atoms with Crippen LogP contribution >= 0.6 is 0 Å². The van der Waals surface area contributed by atoms with Gasteiger partial charge in [-0.2, -0.15) is 0 Å². The topological polar surface area (TPSA) is 102 Å². The van der Waals surface area contributed by atoms with Crippen molar-refractivity contribution in [1.29, 1.82) is 0 Å². The Hall–Kier alpha value is -1.96. The summed E-state index contributed by atoms with van der Waals surface area (Å²) < 4.78 is 16.9. The molecule has 2 bridgehead atoms. The molecule has 3 rings (SSSR count). The maximum atomic E-state index is 12.4. The molecule has 0 aromatic carbocycles. The van der Waals surface area contributed by atoms with Crippen LogP contribution < -0.4 is 0 Å². The van der Waals surface area contributed by atoms with Gasteiger partial charge in [-0.05, 0) is 20.8 Å². The highest BCUT2D eigenvalue weighted by Gasteiger charge is 2.62. The Kier molecular flexibility index (Phi) is 4.82. The first kappa shape index (κ1) is 19.8. The first-order chi connectivity index (χ1) is 12.5. The standard InChI is InChI=1S/C20H26O7/c1-6-11(3)17(21)25-13-7-10(2)8-20(24)9-19(5,23)16(27-20)15-14(13)12(4)18(22)26-15/h6,13-16,23-24H,2,4,7-9H2,1,3,5H3/b11-6+/t13-,14+,15-,16-,19+,20-/m0/s1. The summed E-state index contributed by atoms with van der Waals surface area (Å²) in [5.74, 6) is -3.48. The van der Waals surface area contributed by atoms with Gasteiger partial charge in [0.05, 0.1) is 11.5 Å². The Morgan fingerprint density at radius 1 is 1.37 bits per heavy atom. The van der Waals surface area contributed by atoms with E-state index in [1.807, 2.05) is 0 Å². The average molecular weight is 378 g/mol. The maximum Gasteiger partial charge on any atom is 0.334 e. The molecule has 0 aromatic rings. The summed E-state index contributed by atoms with van der Waals surface area (Å²) >= 11 is 0. The number of carbonyl (C=O) groups excluding carboxylic acids is 2. The molecule has 0 aromatic heterocycles. The van der Waals surface area contributed by atoms with Crippen LogP contribution in [0.15, 0.2) is 36.0 Å². The van der Waals surface area contributed by atoms with Crippen LogP contribution in [0.1, 0.15) is 40.0 Å². The number of ether oxygens (including phenoxy) is 3. The predicted octanol–water partition coefficient (Wildman–Crippen LogP) is 1.54. The smallest absolute Gasteiger partial charge is 0.334 e. The summed E-state index contributed by atoms with van der Waals surface area (Å²) in [6.07, 6.45) is -0.788. The molecule has 0 saturated carbocycles. The molecule has 3 saturated heterocycles. The SMILES string of the molecule is C=C1C[C@H](OC(=O)/C(C)=C/C)[C@H]2C(=C)C(=O)O[C@@H]2[C@@H]2O[C@@](O)(C1)C[C@@]2(C)O. The lowest BCUT2D eigenvalue weighted by Crippen LogP contribution is -2.49. The van der Waals surface area contributed by atoms with Crippen LogP contribution in [0.4, 0.5) is 0 Å². The van der Waals surface area contributed by atoms with Crippen LogP contribution in [-0.2, 0) is 23.8 Å². The lowest BCUT2D eigenvalue weighted by molar-refractivity contribution is -0.216. The highest BCUT2D eigenvalue weighted by atomic mass is 16.7. The number of carbonyl (C=O) groups is 2. The van der Waals surface area contributed by atoms with Crippen molar-refractivity contribution in [3.8, 4) is 0 Å². The monoisotopic (exact) mass is 378 g/mol. The zero-order valence-electron chi connectivity index (χ0n) is 15.9. The Morgan fingerprint density at radius 2 is 2.04 bits per heavy atom. The quantitative estimate of drug-likeness (QED) is 0.427. The molecule has 7 heteroatoms. The van der Waals surface area contributed by atoms with Crippen molar-refractivity contribution >= 4 is 11.9 Å². The van der Waals surface area contributed by atoms with Gasteiger partial charge >= 0.3 is 11.9 Å². The number of hydrogen-bond donors (Lipinski definition) is 2. The molecule has 3 aliphatic rings. The van der Waals surface area contributed by atoms with E-state index in [4.69, 9.17) is 14.2 Å². The molecule has 3 heterocycles. The van der Waals surface area contributed by atoms with E-state index in [1.165, 1.54) is 6.92 Å². The number of allylic oxidation sites excluding steroid dienone is 1. The summed E-state index contributed by atoms with van der Waals surface area (Å²) in [7, 11) is 0. The lowest BCUT2D eigenvalue weighted by Gasteiger charge is -2.33. The number of rotatable bonds is 2. The normalized spacial score (nSPS) is 42.1. The third kappa shape index (κ3) is 3.47. The molecule has 3 fully saturated rings. The third-order valence-corrected chi connectivity index (χ3v) is 5.58. The summed E-state index contributed by atoms with van der Waals surface area (Å²) in [6.45, 7) is 12.7. The van der Waals surface area contributed by atoms with Gasteiger partial charge in [-0.3, -0.25) is 0 Å². The van der Waals surface area contributed by atoms with Gasteiger partial charge in [-0.1, -0.05) is 24.8 Å². The molecular weight excluding hydrogens is 352 g/mol. The molecule has 3 aliphatic heterocycles. The van der Waals surface area contributed by atoms with Crippen molar-refractivity contribution in [2.24, 2.45) is 5.92 Å². The Morgan fingerprint density at radius 3 is 2.67 bits per heavy atom. The van der Waals surface area contributed by atoms with E-state index in [1.54, 1.807) is 19.9 Å². The fraction of sp³-hybridized carbons (Fsp3) is 0.600. The van der Waals surface area contributed by atoms with E-state index in [-0.39, 0.29) is 24.8 Å². The Balaban J connectivity index is 2.03. The molecule has 6 atom stereocenters. The van der Waals surface area contributed by atoms with Gasteiger partial charge in [0, 0.05) is 30.4 Å². The number of aliphatic hydroxyl groups is 2. The molecule has 7 nitrogen and oxygen atoms in total. The molecule has 0 aliphatic carbocycles. The van der Waals surface area contributed by atoms with Crippen LogP contribution in [-0.4, -0.2) is 51.9 Å². The van der Waals surface area contributed by atoms with Gasteiger partial charge in [0.25, 0.3) is 0 Å². The van der Waals surface area contributed by atoms with E-state index in [9.17, 15) is 19.8 Å². The number of fused-ring (bicyclic) bond motifs is 4. The van der Waals surface area contributed by atoms with Crippen molar-refractivity contribution in [1.82, 2.24) is 0 Å². The van der Waals surface area contributed by atoms with E-state index >= 15 is 0 Å². The molecule has 0 spiro atoms. The summed E-state index contributed by atoms with van der Waals surface area (Å²) in [5, 5.41) is 21.6. The molecule has 148 valence electrons. The fourth-order valence-electron chi connectivity index (χ4n) is 4.22. The minimum absolute atomic E-state index is 0.0426. The van der Waals surface area contributed by atoms with Gasteiger partial charge in [0.1, 0.15) is 18.3 Å². The fourth-order valence-corrected chi connectivity index (χ4v) is 4.22. The van der Waals surface area contributed by atoms with Gasteiger partial charge in [-0.25, -0.2) is 9.59 Å². The van der Waals surface area contributed by atoms with E-state index < -0.39 is 47.6 Å². The van der Waals surface area contributed by atoms with Crippen LogP contribution in [0.2, 0.25) is 0 Å². The first-order valence-corrected chi connectivity index (χ1v) is 9.00. The second kappa shape index (κ2) is 6.58. The lowest BCUT2D eigenvalue weighted by atomic mass is 9.78. The van der Waals surface area contributed by atoms with Crippen LogP contribution in [0.3, 0.4) is 0 Å². The number of hydrogen-bond acceptors (Lipinski definition) is 7. The summed E-state index contributed by atoms with van der Waals surface area (Å²) in [5.41, 5.74) is -0.275. The first-order valence-electron chi connectivity index (χ1n) is 9.00. The van der Waals surface area contributed by atoms with Crippen molar-refractivity contribution in [3.05, 3.63) is 36.0 Å². The molecule has 2 N–H and O–H groups in total. The van der Waals surface area contributed by atoms with Crippen molar-refractivity contribution in [2.75, 3.05) is 0 Å². The van der Waals surface area contributed by atoms with Crippen molar-refractivity contribution in [3.63, 3.8) is 0 Å². The van der Waals surface area contributed by atoms with Crippen molar-refractivity contribution < 1.29 is 34.0 Å². The molecular formula is C20H26O7. The summed E-state index contributed by atoms with van der Waals surface area (Å²) in [4.78, 5) is 24.6. The highest BCUT2D eigenvalue weighted by Crippen LogP contribution is 2.49. The van der Waals surface area contributed by atoms with Gasteiger partial charge < -0.3 is 24.4 Å². The molecule has 0 amide bonds. The third-order valence-electron chi connectivity index (χ3n) is 5.58. The van der Waals surface area contributed by atoms with E-state index in [2.05, 4.69) is 13.2 Å². The number of esters is 2. The minimum atomic E-state index is -1.62. The largest absolute Gasteiger partial charge is 0.458 e. The van der Waals surface area contributed by atoms with Crippen LogP contribution in [0.25, 0.3) is 0 Å². The Labute approximate surface area is 158 Å². The molecule has 0 unspecified atom stereocenters. The van der Waals surface area contributed by atoms with Gasteiger partial charge in [0.15, 0.2) is 5.79 Å². The second-order valence-electron chi connectivity index (χ2n) is 7.99. The van der Waals surface area contributed by atoms with Gasteiger partial charge in [0.2, 0.25) is 0 Å². The van der Waals surface area contributed by atoms with Crippen LogP contribution in [0.5, 0.6) is 0 Å². The maximum absolute atomic E-state index is 12.4. The molecule has 0 radical (unpaired) electrons. The van der Waals surface area contributed by atoms with Gasteiger partial charge in [-0.15, -0.1) is 0 Å². The van der Waals surface area contributed by atoms with E-state index in [0.29, 0.717) is 11.1 Å². The zero-order chi connectivity index (χ0) is 20.1. The zero-order valence-corrected chi connectivity index (χ0v) is 15.9.